The van der Waals surface area contributed by atoms with Crippen LogP contribution >= 0.6 is 24.2 Å². The average Bonchev–Trinajstić information content (AvgIpc) is 2.74. The van der Waals surface area contributed by atoms with Gasteiger partial charge >= 0.3 is 0 Å². The Bertz CT molecular complexity index is 756. The molecule has 2 unspecified atom stereocenters. The quantitative estimate of drug-likeness (QED) is 0.584. The summed E-state index contributed by atoms with van der Waals surface area (Å²) in [7, 11) is 1.69. The highest BCUT2D eigenvalue weighted by atomic mass is 35.5. The molecule has 0 aromatic heterocycles. The van der Waals surface area contributed by atoms with Gasteiger partial charge in [0, 0.05) is 49.3 Å². The van der Waals surface area contributed by atoms with E-state index in [1.165, 1.54) is 0 Å². The first-order valence-electron chi connectivity index (χ1n) is 11.1. The molecule has 0 spiro atoms. The lowest BCUT2D eigenvalue weighted by atomic mass is 10.0. The lowest BCUT2D eigenvalue weighted by molar-refractivity contribution is -0.118. The van der Waals surface area contributed by atoms with E-state index < -0.39 is 0 Å². The van der Waals surface area contributed by atoms with Gasteiger partial charge < -0.3 is 19.9 Å². The molecule has 0 radical (unpaired) electrons. The highest BCUT2D eigenvalue weighted by Gasteiger charge is 2.33. The number of rotatable bonds is 8. The molecule has 6 nitrogen and oxygen atoms in total. The molecule has 2 aliphatic heterocycles. The van der Waals surface area contributed by atoms with E-state index in [-0.39, 0.29) is 41.6 Å². The molecule has 1 fully saturated rings. The van der Waals surface area contributed by atoms with Crippen molar-refractivity contribution < 1.29 is 14.3 Å². The molecule has 1 aromatic rings. The van der Waals surface area contributed by atoms with Crippen molar-refractivity contribution in [1.29, 1.82) is 0 Å². The van der Waals surface area contributed by atoms with Gasteiger partial charge in [-0.1, -0.05) is 0 Å². The summed E-state index contributed by atoms with van der Waals surface area (Å²) in [6.07, 6.45) is 3.90. The smallest absolute Gasteiger partial charge is 0.254 e. The number of benzene rings is 1. The summed E-state index contributed by atoms with van der Waals surface area (Å²) in [5.41, 5.74) is 1.54. The number of amides is 2. The van der Waals surface area contributed by atoms with Crippen molar-refractivity contribution >= 4 is 41.7 Å². The first-order chi connectivity index (χ1) is 14.4. The molecular formula is C23H36ClN3O3S. The Morgan fingerprint density at radius 3 is 2.77 bits per heavy atom. The predicted molar refractivity (Wildman–Crippen MR) is 130 cm³/mol. The van der Waals surface area contributed by atoms with Crippen molar-refractivity contribution in [2.75, 3.05) is 38.3 Å². The minimum Gasteiger partial charge on any atom is -0.385 e. The monoisotopic (exact) mass is 469 g/mol. The van der Waals surface area contributed by atoms with Gasteiger partial charge in [0.05, 0.1) is 10.9 Å². The first-order valence-corrected chi connectivity index (χ1v) is 12.0. The highest BCUT2D eigenvalue weighted by Crippen LogP contribution is 2.40. The molecule has 0 bridgehead atoms. The number of unbranched alkanes of at least 4 members (excludes halogenated alkanes) is 1. The summed E-state index contributed by atoms with van der Waals surface area (Å²) >= 11 is 1.58. The van der Waals surface area contributed by atoms with Crippen LogP contribution in [0.15, 0.2) is 23.1 Å². The lowest BCUT2D eigenvalue weighted by Gasteiger charge is -2.38. The van der Waals surface area contributed by atoms with Crippen LogP contribution in [0.4, 0.5) is 5.69 Å². The largest absolute Gasteiger partial charge is 0.385 e. The van der Waals surface area contributed by atoms with E-state index in [4.69, 9.17) is 4.74 Å². The predicted octanol–water partition coefficient (Wildman–Crippen LogP) is 3.96. The van der Waals surface area contributed by atoms with E-state index in [9.17, 15) is 9.59 Å². The number of halogens is 1. The number of piperidine rings is 1. The summed E-state index contributed by atoms with van der Waals surface area (Å²) in [5, 5.41) is 3.31. The molecule has 1 saturated heterocycles. The standard InChI is InChI=1S/C23H35N3O3S.ClH/c1-16(2)26(19-8-7-11-24-15-19)23(28)18-9-10-21-20(14-18)25(12-5-6-13-29-4)22(27)17(3)30-21;/h9-10,14,16-17,19,24H,5-8,11-13,15H2,1-4H3;1H. The molecular weight excluding hydrogens is 434 g/mol. The van der Waals surface area contributed by atoms with E-state index in [1.807, 2.05) is 34.9 Å². The van der Waals surface area contributed by atoms with Gasteiger partial charge in [-0.05, 0) is 71.2 Å². The Labute approximate surface area is 196 Å². The van der Waals surface area contributed by atoms with Crippen LogP contribution in [0, 0.1) is 0 Å². The van der Waals surface area contributed by atoms with Crippen LogP contribution in [-0.4, -0.2) is 67.4 Å². The van der Waals surface area contributed by atoms with Crippen LogP contribution < -0.4 is 10.2 Å². The number of hydrogen-bond acceptors (Lipinski definition) is 5. The van der Waals surface area contributed by atoms with E-state index >= 15 is 0 Å². The van der Waals surface area contributed by atoms with Crippen LogP contribution in [0.2, 0.25) is 0 Å². The Balaban J connectivity index is 0.00000341. The molecule has 2 amide bonds. The zero-order valence-electron chi connectivity index (χ0n) is 19.1. The topological polar surface area (TPSA) is 61.9 Å². The molecule has 0 aliphatic carbocycles. The minimum absolute atomic E-state index is 0. The van der Waals surface area contributed by atoms with Gasteiger partial charge in [0.15, 0.2) is 0 Å². The first kappa shape index (κ1) is 26.0. The number of fused-ring (bicyclic) bond motifs is 1. The summed E-state index contributed by atoms with van der Waals surface area (Å²) in [4.78, 5) is 31.3. The Morgan fingerprint density at radius 2 is 2.13 bits per heavy atom. The SMILES string of the molecule is COCCCCN1C(=O)C(C)Sc2ccc(C(=O)N(C(C)C)C3CCCNC3)cc21.Cl. The van der Waals surface area contributed by atoms with Crippen molar-refractivity contribution in [3.05, 3.63) is 23.8 Å². The second kappa shape index (κ2) is 12.1. The number of carbonyl (C=O) groups is 2. The van der Waals surface area contributed by atoms with Gasteiger partial charge in [-0.2, -0.15) is 0 Å². The van der Waals surface area contributed by atoms with Crippen molar-refractivity contribution in [2.24, 2.45) is 0 Å². The van der Waals surface area contributed by atoms with Crippen molar-refractivity contribution in [3.63, 3.8) is 0 Å². The van der Waals surface area contributed by atoms with Gasteiger partial charge in [0.2, 0.25) is 5.91 Å². The normalized spacial score (nSPS) is 20.9. The van der Waals surface area contributed by atoms with Crippen LogP contribution in [0.1, 0.15) is 56.8 Å². The highest BCUT2D eigenvalue weighted by molar-refractivity contribution is 8.01. The summed E-state index contributed by atoms with van der Waals surface area (Å²) in [6, 6.07) is 6.20. The lowest BCUT2D eigenvalue weighted by Crippen LogP contribution is -2.51. The zero-order valence-corrected chi connectivity index (χ0v) is 20.7. The fourth-order valence-electron chi connectivity index (χ4n) is 4.33. The maximum Gasteiger partial charge on any atom is 0.254 e. The van der Waals surface area contributed by atoms with Crippen LogP contribution in [0.25, 0.3) is 0 Å². The van der Waals surface area contributed by atoms with Crippen molar-refractivity contribution in [2.45, 2.75) is 68.7 Å². The maximum absolute atomic E-state index is 13.5. The number of anilines is 1. The second-order valence-corrected chi connectivity index (χ2v) is 9.82. The number of methoxy groups -OCH3 is 1. The van der Waals surface area contributed by atoms with Crippen molar-refractivity contribution in [3.8, 4) is 0 Å². The molecule has 2 heterocycles. The van der Waals surface area contributed by atoms with E-state index in [1.54, 1.807) is 18.9 Å². The van der Waals surface area contributed by atoms with E-state index in [0.717, 1.165) is 49.4 Å². The maximum atomic E-state index is 13.5. The fourth-order valence-corrected chi connectivity index (χ4v) is 5.37. The number of hydrogen-bond donors (Lipinski definition) is 1. The summed E-state index contributed by atoms with van der Waals surface area (Å²) in [5.74, 6) is 0.170. The molecule has 3 rings (SSSR count). The van der Waals surface area contributed by atoms with E-state index in [2.05, 4.69) is 19.2 Å². The van der Waals surface area contributed by atoms with Crippen LogP contribution in [-0.2, 0) is 9.53 Å². The summed E-state index contributed by atoms with van der Waals surface area (Å²) < 4.78 is 5.14. The Morgan fingerprint density at radius 1 is 1.35 bits per heavy atom. The number of nitrogens with zero attached hydrogens (tertiary/aromatic N) is 2. The molecule has 1 aromatic carbocycles. The fraction of sp³-hybridized carbons (Fsp3) is 0.652. The van der Waals surface area contributed by atoms with Gasteiger partial charge in [0.1, 0.15) is 0 Å². The van der Waals surface area contributed by atoms with Gasteiger partial charge in [-0.15, -0.1) is 24.2 Å². The molecule has 8 heteroatoms. The average molecular weight is 470 g/mol. The second-order valence-electron chi connectivity index (χ2n) is 8.44. The van der Waals surface area contributed by atoms with Crippen molar-refractivity contribution in [1.82, 2.24) is 10.2 Å². The molecule has 31 heavy (non-hydrogen) atoms. The van der Waals surface area contributed by atoms with Gasteiger partial charge in [-0.25, -0.2) is 0 Å². The number of thioether (sulfide) groups is 1. The molecule has 2 aliphatic rings. The third-order valence-electron chi connectivity index (χ3n) is 5.85. The van der Waals surface area contributed by atoms with Gasteiger partial charge in [0.25, 0.3) is 5.91 Å². The number of nitrogens with one attached hydrogen (secondary N) is 1. The third-order valence-corrected chi connectivity index (χ3v) is 7.00. The minimum atomic E-state index is -0.109. The zero-order chi connectivity index (χ0) is 21.7. The Kier molecular flexibility index (Phi) is 10.1. The number of ether oxygens (including phenoxy) is 1. The van der Waals surface area contributed by atoms with Gasteiger partial charge in [-0.3, -0.25) is 9.59 Å². The summed E-state index contributed by atoms with van der Waals surface area (Å²) in [6.45, 7) is 9.31. The molecule has 2 atom stereocenters. The number of carbonyl (C=O) groups excluding carboxylic acids is 2. The molecule has 174 valence electrons. The third kappa shape index (κ3) is 6.15. The van der Waals surface area contributed by atoms with Crippen LogP contribution in [0.5, 0.6) is 0 Å². The van der Waals surface area contributed by atoms with Crippen LogP contribution in [0.3, 0.4) is 0 Å². The van der Waals surface area contributed by atoms with E-state index in [0.29, 0.717) is 18.7 Å². The molecule has 0 saturated carbocycles. The Hall–Kier alpha value is -1.28. The molecule has 1 N–H and O–H groups in total.